The van der Waals surface area contributed by atoms with E-state index in [1.54, 1.807) is 48.5 Å². The summed E-state index contributed by atoms with van der Waals surface area (Å²) in [6, 6.07) is 54.6. The maximum Gasteiger partial charge on any atom is 0.153 e. The molecule has 58 heavy (non-hydrogen) atoms. The Morgan fingerprint density at radius 1 is 0.207 bits per heavy atom. The van der Waals surface area contributed by atoms with E-state index >= 15 is 17.6 Å². The molecule has 8 aromatic carbocycles. The molecule has 8 rings (SSSR count). The van der Waals surface area contributed by atoms with Crippen molar-refractivity contribution in [3.05, 3.63) is 205 Å². The van der Waals surface area contributed by atoms with Gasteiger partial charge in [-0.15, -0.1) is 0 Å². The highest BCUT2D eigenvalue weighted by molar-refractivity contribution is 8.03. The molecule has 0 aromatic heterocycles. The molecular formula is C48H30F4S6. The van der Waals surface area contributed by atoms with Gasteiger partial charge in [-0.05, 0) is 72.8 Å². The summed E-state index contributed by atoms with van der Waals surface area (Å²) in [5, 5.41) is 0. The molecule has 0 nitrogen and oxygen atoms in total. The molecule has 0 atom stereocenters. The molecule has 8 aromatic rings. The van der Waals surface area contributed by atoms with Gasteiger partial charge in [0.1, 0.15) is 11.6 Å². The van der Waals surface area contributed by atoms with Gasteiger partial charge in [0.15, 0.2) is 11.6 Å². The normalized spacial score (nSPS) is 11.2. The van der Waals surface area contributed by atoms with Crippen LogP contribution in [0.3, 0.4) is 0 Å². The average molecular weight is 875 g/mol. The van der Waals surface area contributed by atoms with Gasteiger partial charge in [0.25, 0.3) is 0 Å². The number of hydrogen-bond acceptors (Lipinski definition) is 6. The van der Waals surface area contributed by atoms with Crippen molar-refractivity contribution in [3.8, 4) is 11.1 Å². The highest BCUT2D eigenvalue weighted by Crippen LogP contribution is 2.56. The summed E-state index contributed by atoms with van der Waals surface area (Å²) in [4.78, 5) is 3.67. The first-order valence-corrected chi connectivity index (χ1v) is 22.8. The summed E-state index contributed by atoms with van der Waals surface area (Å²) in [6.45, 7) is 0. The number of benzene rings is 8. The lowest BCUT2D eigenvalue weighted by Gasteiger charge is -2.24. The monoisotopic (exact) mass is 874 g/mol. The fraction of sp³-hybridized carbons (Fsp3) is 0. The van der Waals surface area contributed by atoms with Crippen LogP contribution in [0.5, 0.6) is 0 Å². The Morgan fingerprint density at radius 3 is 0.586 bits per heavy atom. The summed E-state index contributed by atoms with van der Waals surface area (Å²) in [5.41, 5.74) is -0.689. The highest BCUT2D eigenvalue weighted by Gasteiger charge is 2.35. The lowest BCUT2D eigenvalue weighted by Crippen LogP contribution is -2.06. The van der Waals surface area contributed by atoms with E-state index in [4.69, 9.17) is 0 Å². The topological polar surface area (TPSA) is 0 Å². The van der Waals surface area contributed by atoms with Crippen LogP contribution in [0.25, 0.3) is 11.1 Å². The maximum absolute atomic E-state index is 18.3. The Bertz CT molecular complexity index is 2450. The van der Waals surface area contributed by atoms with E-state index in [2.05, 4.69) is 0 Å². The molecule has 0 saturated heterocycles. The molecule has 0 N–H and O–H groups in total. The van der Waals surface area contributed by atoms with Gasteiger partial charge in [0.05, 0.1) is 29.4 Å². The predicted molar refractivity (Wildman–Crippen MR) is 235 cm³/mol. The number of rotatable bonds is 13. The summed E-state index contributed by atoms with van der Waals surface area (Å²) >= 11 is 6.27. The minimum Gasteiger partial charge on any atom is -0.205 e. The Labute approximate surface area is 360 Å². The van der Waals surface area contributed by atoms with E-state index in [0.29, 0.717) is 29.4 Å². The molecule has 0 bridgehead atoms. The van der Waals surface area contributed by atoms with Crippen LogP contribution < -0.4 is 0 Å². The first-order chi connectivity index (χ1) is 28.4. The van der Waals surface area contributed by atoms with Crippen molar-refractivity contribution in [3.63, 3.8) is 0 Å². The van der Waals surface area contributed by atoms with Crippen LogP contribution >= 0.6 is 70.6 Å². The smallest absolute Gasteiger partial charge is 0.153 e. The van der Waals surface area contributed by atoms with Gasteiger partial charge in [-0.25, -0.2) is 17.6 Å². The third-order valence-electron chi connectivity index (χ3n) is 8.53. The zero-order chi connectivity index (χ0) is 39.8. The summed E-state index contributed by atoms with van der Waals surface area (Å²) < 4.78 is 72.3. The Kier molecular flexibility index (Phi) is 13.3. The molecular weight excluding hydrogens is 845 g/mol. The lowest BCUT2D eigenvalue weighted by atomic mass is 10.0. The van der Waals surface area contributed by atoms with Gasteiger partial charge >= 0.3 is 0 Å². The molecule has 0 spiro atoms. The van der Waals surface area contributed by atoms with Gasteiger partial charge < -0.3 is 0 Å². The average Bonchev–Trinajstić information content (AvgIpc) is 3.27. The molecule has 286 valence electrons. The van der Waals surface area contributed by atoms with E-state index in [9.17, 15) is 0 Å². The zero-order valence-electron chi connectivity index (χ0n) is 30.3. The third kappa shape index (κ3) is 9.23. The molecule has 0 heterocycles. The fourth-order valence-corrected chi connectivity index (χ4v) is 12.2. The summed E-state index contributed by atoms with van der Waals surface area (Å²) in [5.74, 6) is -3.15. The standard InChI is InChI=1S/C48H30F4S6/c49-39-37(43(53-31-19-7-1-8-20-31)41(51)47(57-35-27-15-5-16-28-35)45(39)55-33-23-11-3-12-24-33)38-40(50)46(56-34-25-13-4-14-26-34)48(58-36-29-17-6-18-30-36)42(52)44(38)54-32-21-9-2-10-22-32/h1-30H. The van der Waals surface area contributed by atoms with E-state index in [1.165, 1.54) is 0 Å². The molecule has 10 heteroatoms. The highest BCUT2D eigenvalue weighted by atomic mass is 32.2. The summed E-state index contributed by atoms with van der Waals surface area (Å²) in [6.07, 6.45) is 0. The summed E-state index contributed by atoms with van der Waals surface area (Å²) in [7, 11) is 0. The first-order valence-electron chi connectivity index (χ1n) is 17.9. The van der Waals surface area contributed by atoms with Crippen LogP contribution in [-0.2, 0) is 0 Å². The molecule has 0 aliphatic heterocycles. The van der Waals surface area contributed by atoms with Crippen molar-refractivity contribution in [1.82, 2.24) is 0 Å². The predicted octanol–water partition coefficient (Wildman–Crippen LogP) is 16.8. The molecule has 0 fully saturated rings. The molecule has 0 radical (unpaired) electrons. The van der Waals surface area contributed by atoms with Crippen LogP contribution in [-0.4, -0.2) is 0 Å². The van der Waals surface area contributed by atoms with Crippen LogP contribution in [0.2, 0.25) is 0 Å². The van der Waals surface area contributed by atoms with Crippen molar-refractivity contribution in [2.24, 2.45) is 0 Å². The quantitative estimate of drug-likeness (QED) is 0.105. The van der Waals surface area contributed by atoms with Crippen molar-refractivity contribution in [2.75, 3.05) is 0 Å². The Balaban J connectivity index is 1.47. The second kappa shape index (κ2) is 19.1. The SMILES string of the molecule is Fc1c(Sc2ccccc2)c(Sc2ccccc2)c(F)c(-c2c(F)c(Sc3ccccc3)c(Sc3ccccc3)c(F)c2Sc2ccccc2)c1Sc1ccccc1. The van der Waals surface area contributed by atoms with E-state index < -0.39 is 23.3 Å². The fourth-order valence-electron chi connectivity index (χ4n) is 5.89. The largest absolute Gasteiger partial charge is 0.205 e. The van der Waals surface area contributed by atoms with Crippen LogP contribution in [0.4, 0.5) is 17.6 Å². The second-order valence-electron chi connectivity index (χ2n) is 12.5. The van der Waals surface area contributed by atoms with Crippen LogP contribution in [0, 0.1) is 23.3 Å². The van der Waals surface area contributed by atoms with Crippen molar-refractivity contribution in [2.45, 2.75) is 58.7 Å². The van der Waals surface area contributed by atoms with E-state index in [0.717, 1.165) is 70.6 Å². The zero-order valence-corrected chi connectivity index (χ0v) is 35.2. The van der Waals surface area contributed by atoms with Gasteiger partial charge in [-0.1, -0.05) is 180 Å². The first kappa shape index (κ1) is 40.4. The van der Waals surface area contributed by atoms with Crippen molar-refractivity contribution in [1.29, 1.82) is 0 Å². The second-order valence-corrected chi connectivity index (χ2v) is 19.0. The van der Waals surface area contributed by atoms with Gasteiger partial charge in [-0.3, -0.25) is 0 Å². The van der Waals surface area contributed by atoms with Crippen LogP contribution in [0.15, 0.2) is 241 Å². The molecule has 0 aliphatic rings. The number of hydrogen-bond donors (Lipinski definition) is 0. The number of halogens is 4. The minimum absolute atomic E-state index is 0.0274. The van der Waals surface area contributed by atoms with Crippen molar-refractivity contribution < 1.29 is 17.6 Å². The van der Waals surface area contributed by atoms with Crippen molar-refractivity contribution >= 4 is 70.6 Å². The molecule has 0 unspecified atom stereocenters. The van der Waals surface area contributed by atoms with E-state index in [-0.39, 0.29) is 40.5 Å². The Morgan fingerprint density at radius 2 is 0.379 bits per heavy atom. The Hall–Kier alpha value is -4.42. The molecule has 0 amide bonds. The molecule has 0 saturated carbocycles. The van der Waals surface area contributed by atoms with Crippen LogP contribution in [0.1, 0.15) is 0 Å². The third-order valence-corrected chi connectivity index (χ3v) is 15.4. The van der Waals surface area contributed by atoms with Gasteiger partial charge in [0.2, 0.25) is 0 Å². The van der Waals surface area contributed by atoms with Gasteiger partial charge in [-0.2, -0.15) is 0 Å². The maximum atomic E-state index is 18.3. The lowest BCUT2D eigenvalue weighted by molar-refractivity contribution is 0.517. The molecule has 0 aliphatic carbocycles. The van der Waals surface area contributed by atoms with E-state index in [1.807, 2.05) is 133 Å². The van der Waals surface area contributed by atoms with Gasteiger partial charge in [0, 0.05) is 40.5 Å². The minimum atomic E-state index is -0.848.